The van der Waals surface area contributed by atoms with E-state index in [0.717, 1.165) is 12.0 Å². The first-order valence-electron chi connectivity index (χ1n) is 9.66. The van der Waals surface area contributed by atoms with Gasteiger partial charge in [0.2, 0.25) is 0 Å². The van der Waals surface area contributed by atoms with Crippen LogP contribution in [0.1, 0.15) is 33.5 Å². The number of rotatable bonds is 6. The number of hydrogen-bond donors (Lipinski definition) is 0. The summed E-state index contributed by atoms with van der Waals surface area (Å²) in [6.07, 6.45) is 2.35. The van der Waals surface area contributed by atoms with E-state index in [2.05, 4.69) is 10.2 Å². The summed E-state index contributed by atoms with van der Waals surface area (Å²) in [5, 5.41) is 9.69. The molecule has 0 unspecified atom stereocenters. The Bertz CT molecular complexity index is 1240. The summed E-state index contributed by atoms with van der Waals surface area (Å²) in [7, 11) is 0. The average molecular weight is 435 g/mol. The minimum Gasteiger partial charge on any atom is -0.461 e. The molecule has 2 aromatic heterocycles. The van der Waals surface area contributed by atoms with Crippen molar-refractivity contribution < 1.29 is 14.3 Å². The predicted molar refractivity (Wildman–Crippen MR) is 117 cm³/mol. The zero-order valence-electron chi connectivity index (χ0n) is 16.9. The fourth-order valence-corrected chi connectivity index (χ4v) is 3.47. The van der Waals surface area contributed by atoms with Gasteiger partial charge in [-0.05, 0) is 50.2 Å². The van der Waals surface area contributed by atoms with E-state index in [0.29, 0.717) is 33.2 Å². The fraction of sp³-hybridized carbons (Fsp3) is 0.130. The number of esters is 1. The quantitative estimate of drug-likeness (QED) is 0.325. The Morgan fingerprint density at radius 1 is 1.06 bits per heavy atom. The number of halogens is 1. The molecule has 0 fully saturated rings. The zero-order chi connectivity index (χ0) is 22.0. The average Bonchev–Trinajstić information content (AvgIpc) is 3.36. The molecule has 0 atom stereocenters. The minimum absolute atomic E-state index is 0.0933. The summed E-state index contributed by atoms with van der Waals surface area (Å²) in [5.74, 6) is -0.584. The first-order valence-corrected chi connectivity index (χ1v) is 10.0. The van der Waals surface area contributed by atoms with Crippen LogP contribution in [0.15, 0.2) is 60.8 Å². The van der Waals surface area contributed by atoms with Crippen molar-refractivity contribution in [1.29, 1.82) is 0 Å². The topological polar surface area (TPSA) is 79.0 Å². The SMILES string of the molecule is CCOC(=O)c1nn(-c2ccc(Cl)cc2)c(C)c1-c1nn(-c2ccccc2)cc1C=O. The lowest BCUT2D eigenvalue weighted by molar-refractivity contribution is 0.0519. The molecule has 0 saturated heterocycles. The summed E-state index contributed by atoms with van der Waals surface area (Å²) in [4.78, 5) is 24.6. The smallest absolute Gasteiger partial charge is 0.359 e. The van der Waals surface area contributed by atoms with Crippen LogP contribution in [-0.4, -0.2) is 38.4 Å². The summed E-state index contributed by atoms with van der Waals surface area (Å²) in [6.45, 7) is 3.74. The maximum atomic E-state index is 12.7. The molecule has 2 aromatic carbocycles. The molecule has 0 saturated carbocycles. The highest BCUT2D eigenvalue weighted by atomic mass is 35.5. The van der Waals surface area contributed by atoms with Gasteiger partial charge in [0.15, 0.2) is 12.0 Å². The Hall–Kier alpha value is -3.71. The normalized spacial score (nSPS) is 10.8. The Balaban J connectivity index is 1.93. The second-order valence-electron chi connectivity index (χ2n) is 6.75. The van der Waals surface area contributed by atoms with Gasteiger partial charge in [-0.1, -0.05) is 29.8 Å². The predicted octanol–water partition coefficient (Wildman–Crippen LogP) is 4.68. The first kappa shape index (κ1) is 20.6. The molecule has 0 N–H and O–H groups in total. The molecule has 0 radical (unpaired) electrons. The number of hydrogen-bond acceptors (Lipinski definition) is 5. The van der Waals surface area contributed by atoms with Crippen LogP contribution < -0.4 is 0 Å². The van der Waals surface area contributed by atoms with E-state index in [-0.39, 0.29) is 12.3 Å². The lowest BCUT2D eigenvalue weighted by atomic mass is 10.1. The molecule has 4 rings (SSSR count). The van der Waals surface area contributed by atoms with E-state index in [1.165, 1.54) is 0 Å². The second kappa shape index (κ2) is 8.57. The Morgan fingerprint density at radius 2 is 1.77 bits per heavy atom. The molecule has 0 aliphatic carbocycles. The van der Waals surface area contributed by atoms with Crippen molar-refractivity contribution in [2.75, 3.05) is 6.61 Å². The van der Waals surface area contributed by atoms with Crippen molar-refractivity contribution in [2.45, 2.75) is 13.8 Å². The Labute approximate surface area is 183 Å². The molecule has 0 amide bonds. The van der Waals surface area contributed by atoms with Crippen molar-refractivity contribution in [2.24, 2.45) is 0 Å². The van der Waals surface area contributed by atoms with Crippen molar-refractivity contribution >= 4 is 23.9 Å². The van der Waals surface area contributed by atoms with E-state index < -0.39 is 5.97 Å². The van der Waals surface area contributed by atoms with Crippen LogP contribution in [0.2, 0.25) is 5.02 Å². The zero-order valence-corrected chi connectivity index (χ0v) is 17.7. The van der Waals surface area contributed by atoms with Gasteiger partial charge < -0.3 is 4.74 Å². The van der Waals surface area contributed by atoms with Crippen LogP contribution in [0.3, 0.4) is 0 Å². The third-order valence-corrected chi connectivity index (χ3v) is 5.04. The molecule has 2 heterocycles. The number of nitrogens with zero attached hydrogens (tertiary/aromatic N) is 4. The summed E-state index contributed by atoms with van der Waals surface area (Å²) < 4.78 is 8.44. The van der Waals surface area contributed by atoms with Crippen LogP contribution in [-0.2, 0) is 4.74 Å². The van der Waals surface area contributed by atoms with E-state index in [1.54, 1.807) is 46.7 Å². The molecule has 0 aliphatic rings. The van der Waals surface area contributed by atoms with Gasteiger partial charge in [-0.2, -0.15) is 10.2 Å². The van der Waals surface area contributed by atoms with E-state index in [9.17, 15) is 9.59 Å². The number of aldehydes is 1. The maximum Gasteiger partial charge on any atom is 0.359 e. The van der Waals surface area contributed by atoms with Crippen LogP contribution in [0.4, 0.5) is 0 Å². The van der Waals surface area contributed by atoms with Crippen LogP contribution in [0.25, 0.3) is 22.6 Å². The Kier molecular flexibility index (Phi) is 5.68. The van der Waals surface area contributed by atoms with Crippen molar-refractivity contribution in [3.63, 3.8) is 0 Å². The summed E-state index contributed by atoms with van der Waals surface area (Å²) >= 11 is 6.01. The molecule has 0 aliphatic heterocycles. The highest BCUT2D eigenvalue weighted by molar-refractivity contribution is 6.30. The van der Waals surface area contributed by atoms with Gasteiger partial charge in [-0.25, -0.2) is 14.2 Å². The molecular weight excluding hydrogens is 416 g/mol. The number of aromatic nitrogens is 4. The number of carbonyl (C=O) groups is 2. The highest BCUT2D eigenvalue weighted by Crippen LogP contribution is 2.31. The van der Waals surface area contributed by atoms with Gasteiger partial charge in [0.25, 0.3) is 0 Å². The monoisotopic (exact) mass is 434 g/mol. The van der Waals surface area contributed by atoms with Gasteiger partial charge in [0.1, 0.15) is 5.69 Å². The first-order chi connectivity index (χ1) is 15.0. The molecule has 7 nitrogen and oxygen atoms in total. The summed E-state index contributed by atoms with van der Waals surface area (Å²) in [5.41, 5.74) is 3.39. The standard InChI is InChI=1S/C23H19ClN4O3/c1-3-31-23(30)22-20(15(2)28(26-22)19-11-9-17(24)10-12-19)21-16(14-29)13-27(25-21)18-7-5-4-6-8-18/h4-14H,3H2,1-2H3. The lowest BCUT2D eigenvalue weighted by Crippen LogP contribution is -2.08. The number of para-hydroxylation sites is 1. The van der Waals surface area contributed by atoms with Gasteiger partial charge in [0, 0.05) is 11.2 Å². The van der Waals surface area contributed by atoms with Gasteiger partial charge in [-0.3, -0.25) is 4.79 Å². The van der Waals surface area contributed by atoms with Crippen molar-refractivity contribution in [3.05, 3.63) is 82.8 Å². The fourth-order valence-electron chi connectivity index (χ4n) is 3.34. The van der Waals surface area contributed by atoms with Gasteiger partial charge in [0.05, 0.1) is 34.8 Å². The maximum absolute atomic E-state index is 12.7. The molecule has 31 heavy (non-hydrogen) atoms. The van der Waals surface area contributed by atoms with Crippen molar-refractivity contribution in [3.8, 4) is 22.6 Å². The Morgan fingerprint density at radius 3 is 2.42 bits per heavy atom. The number of ether oxygens (including phenoxy) is 1. The number of carbonyl (C=O) groups excluding carboxylic acids is 2. The van der Waals surface area contributed by atoms with Crippen LogP contribution in [0.5, 0.6) is 0 Å². The van der Waals surface area contributed by atoms with Crippen LogP contribution in [0, 0.1) is 6.92 Å². The molecule has 0 bridgehead atoms. The van der Waals surface area contributed by atoms with Gasteiger partial charge in [-0.15, -0.1) is 0 Å². The third-order valence-electron chi connectivity index (χ3n) is 4.78. The van der Waals surface area contributed by atoms with Gasteiger partial charge >= 0.3 is 5.97 Å². The highest BCUT2D eigenvalue weighted by Gasteiger charge is 2.27. The summed E-state index contributed by atoms with van der Waals surface area (Å²) in [6, 6.07) is 16.5. The van der Waals surface area contributed by atoms with Crippen molar-refractivity contribution in [1.82, 2.24) is 19.6 Å². The van der Waals surface area contributed by atoms with E-state index in [4.69, 9.17) is 16.3 Å². The van der Waals surface area contributed by atoms with Crippen LogP contribution >= 0.6 is 11.6 Å². The lowest BCUT2D eigenvalue weighted by Gasteiger charge is -2.05. The largest absolute Gasteiger partial charge is 0.461 e. The van der Waals surface area contributed by atoms with E-state index >= 15 is 0 Å². The molecule has 0 spiro atoms. The molecular formula is C23H19ClN4O3. The minimum atomic E-state index is -0.584. The van der Waals surface area contributed by atoms with E-state index in [1.807, 2.05) is 37.3 Å². The number of benzene rings is 2. The molecule has 4 aromatic rings. The third kappa shape index (κ3) is 3.87. The molecule has 8 heteroatoms. The molecule has 156 valence electrons. The second-order valence-corrected chi connectivity index (χ2v) is 7.19.